The van der Waals surface area contributed by atoms with E-state index in [0.29, 0.717) is 10.7 Å². The number of alkyl carbamates (subject to hydrolysis) is 1. The Labute approximate surface area is 125 Å². The van der Waals surface area contributed by atoms with Crippen molar-refractivity contribution in [3.05, 3.63) is 52.0 Å². The molecule has 2 aromatic rings. The number of nitrogens with zero attached hydrogens (tertiary/aromatic N) is 1. The Kier molecular flexibility index (Phi) is 5.28. The van der Waals surface area contributed by atoms with Gasteiger partial charge in [0.1, 0.15) is 11.6 Å². The third kappa shape index (κ3) is 5.23. The second-order valence-electron chi connectivity index (χ2n) is 4.22. The molecule has 0 aliphatic heterocycles. The molecule has 0 unspecified atom stereocenters. The highest BCUT2D eigenvalue weighted by Crippen LogP contribution is 2.10. The lowest BCUT2D eigenvalue weighted by Gasteiger charge is -2.05. The predicted octanol–water partition coefficient (Wildman–Crippen LogP) is 2.20. The number of aromatic nitrogens is 1. The Hall–Kier alpha value is -2.41. The molecule has 0 fully saturated rings. The van der Waals surface area contributed by atoms with Gasteiger partial charge in [0.25, 0.3) is 0 Å². The van der Waals surface area contributed by atoms with Crippen LogP contribution in [0.3, 0.4) is 0 Å². The monoisotopic (exact) mass is 306 g/mol. The van der Waals surface area contributed by atoms with E-state index in [9.17, 15) is 9.59 Å². The second kappa shape index (κ2) is 7.39. The molecular weight excluding hydrogens is 292 g/mol. The number of hydrogen-bond donors (Lipinski definition) is 2. The van der Waals surface area contributed by atoms with Crippen molar-refractivity contribution in [3.63, 3.8) is 0 Å². The molecule has 0 atom stereocenters. The molecule has 0 aliphatic carbocycles. The van der Waals surface area contributed by atoms with Crippen LogP contribution in [-0.2, 0) is 29.1 Å². The second-order valence-corrected chi connectivity index (χ2v) is 5.16. The van der Waals surface area contributed by atoms with E-state index in [4.69, 9.17) is 9.84 Å². The Balaban J connectivity index is 1.73. The minimum absolute atomic E-state index is 0.116. The first-order chi connectivity index (χ1) is 10.1. The molecule has 21 heavy (non-hydrogen) atoms. The molecule has 2 rings (SSSR count). The minimum Gasteiger partial charge on any atom is -0.481 e. The number of carboxylic acid groups (broad SMARTS) is 1. The lowest BCUT2D eigenvalue weighted by atomic mass is 10.2. The van der Waals surface area contributed by atoms with E-state index in [1.54, 1.807) is 5.38 Å². The van der Waals surface area contributed by atoms with Gasteiger partial charge >= 0.3 is 12.1 Å². The summed E-state index contributed by atoms with van der Waals surface area (Å²) in [6.45, 7) is 0.423. The first-order valence-electron chi connectivity index (χ1n) is 6.23. The van der Waals surface area contributed by atoms with Crippen molar-refractivity contribution in [1.29, 1.82) is 0 Å². The summed E-state index contributed by atoms with van der Waals surface area (Å²) in [4.78, 5) is 26.2. The number of nitrogens with one attached hydrogen (secondary N) is 1. The van der Waals surface area contributed by atoms with Gasteiger partial charge in [0.2, 0.25) is 0 Å². The third-order valence-corrected chi connectivity index (χ3v) is 3.43. The maximum absolute atomic E-state index is 11.5. The van der Waals surface area contributed by atoms with Gasteiger partial charge in [-0.2, -0.15) is 0 Å². The average Bonchev–Trinajstić information content (AvgIpc) is 2.91. The molecular formula is C14H14N2O4S. The van der Waals surface area contributed by atoms with E-state index in [1.165, 1.54) is 11.3 Å². The smallest absolute Gasteiger partial charge is 0.407 e. The van der Waals surface area contributed by atoms with Crippen molar-refractivity contribution >= 4 is 23.4 Å². The molecule has 6 nitrogen and oxygen atoms in total. The molecule has 0 bridgehead atoms. The minimum atomic E-state index is -0.929. The number of aliphatic carboxylic acids is 1. The zero-order chi connectivity index (χ0) is 15.1. The third-order valence-electron chi connectivity index (χ3n) is 2.53. The van der Waals surface area contributed by atoms with Gasteiger partial charge in [-0.3, -0.25) is 4.79 Å². The van der Waals surface area contributed by atoms with Crippen LogP contribution in [0.5, 0.6) is 0 Å². The number of carbonyl (C=O) groups excluding carboxylic acids is 1. The van der Waals surface area contributed by atoms with E-state index < -0.39 is 12.1 Å². The quantitative estimate of drug-likeness (QED) is 0.854. The van der Waals surface area contributed by atoms with Gasteiger partial charge in [-0.25, -0.2) is 9.78 Å². The Morgan fingerprint density at radius 1 is 1.29 bits per heavy atom. The van der Waals surface area contributed by atoms with E-state index >= 15 is 0 Å². The van der Waals surface area contributed by atoms with Gasteiger partial charge in [0.05, 0.1) is 18.7 Å². The normalized spacial score (nSPS) is 10.1. The number of benzene rings is 1. The number of hydrogen-bond acceptors (Lipinski definition) is 5. The molecule has 0 saturated heterocycles. The van der Waals surface area contributed by atoms with Crippen molar-refractivity contribution < 1.29 is 19.4 Å². The molecule has 0 radical (unpaired) electrons. The lowest BCUT2D eigenvalue weighted by molar-refractivity contribution is -0.136. The summed E-state index contributed by atoms with van der Waals surface area (Å²) < 4.78 is 5.05. The van der Waals surface area contributed by atoms with Crippen LogP contribution in [0, 0.1) is 0 Å². The van der Waals surface area contributed by atoms with Crippen molar-refractivity contribution in [2.45, 2.75) is 19.6 Å². The summed E-state index contributed by atoms with van der Waals surface area (Å²) in [6, 6.07) is 9.37. The fourth-order valence-electron chi connectivity index (χ4n) is 1.59. The van der Waals surface area contributed by atoms with Crippen LogP contribution in [0.2, 0.25) is 0 Å². The van der Waals surface area contributed by atoms with Crippen LogP contribution in [0.4, 0.5) is 4.79 Å². The fourth-order valence-corrected chi connectivity index (χ4v) is 2.32. The van der Waals surface area contributed by atoms with Gasteiger partial charge in [0.15, 0.2) is 0 Å². The molecule has 1 heterocycles. The SMILES string of the molecule is O=C(O)Cc1csc(CNC(=O)OCc2ccccc2)n1. The average molecular weight is 306 g/mol. The summed E-state index contributed by atoms with van der Waals surface area (Å²) in [5.74, 6) is -0.929. The maximum Gasteiger partial charge on any atom is 0.407 e. The molecule has 2 N–H and O–H groups in total. The topological polar surface area (TPSA) is 88.5 Å². The number of carbonyl (C=O) groups is 2. The van der Waals surface area contributed by atoms with E-state index in [-0.39, 0.29) is 19.6 Å². The fraction of sp³-hybridized carbons (Fsp3) is 0.214. The molecule has 1 aromatic carbocycles. The summed E-state index contributed by atoms with van der Waals surface area (Å²) in [5, 5.41) is 13.5. The van der Waals surface area contributed by atoms with Crippen LogP contribution in [0.25, 0.3) is 0 Å². The first-order valence-corrected chi connectivity index (χ1v) is 7.11. The first kappa shape index (κ1) is 15.0. The van der Waals surface area contributed by atoms with Crippen LogP contribution in [0.15, 0.2) is 35.7 Å². The van der Waals surface area contributed by atoms with Crippen LogP contribution in [-0.4, -0.2) is 22.2 Å². The van der Waals surface area contributed by atoms with Gasteiger partial charge in [-0.15, -0.1) is 11.3 Å². The molecule has 1 aromatic heterocycles. The van der Waals surface area contributed by atoms with E-state index in [1.807, 2.05) is 30.3 Å². The van der Waals surface area contributed by atoms with E-state index in [0.717, 1.165) is 5.56 Å². The van der Waals surface area contributed by atoms with Gasteiger partial charge in [-0.1, -0.05) is 30.3 Å². The summed E-state index contributed by atoms with van der Waals surface area (Å²) in [7, 11) is 0. The highest BCUT2D eigenvalue weighted by molar-refractivity contribution is 7.09. The highest BCUT2D eigenvalue weighted by atomic mass is 32.1. The lowest BCUT2D eigenvalue weighted by Crippen LogP contribution is -2.23. The van der Waals surface area contributed by atoms with Crippen molar-refractivity contribution in [2.75, 3.05) is 0 Å². The van der Waals surface area contributed by atoms with Crippen molar-refractivity contribution in [2.24, 2.45) is 0 Å². The zero-order valence-electron chi connectivity index (χ0n) is 11.1. The van der Waals surface area contributed by atoms with Crippen LogP contribution >= 0.6 is 11.3 Å². The zero-order valence-corrected chi connectivity index (χ0v) is 11.9. The Bertz CT molecular complexity index is 612. The number of carboxylic acids is 1. The Morgan fingerprint density at radius 2 is 2.05 bits per heavy atom. The molecule has 7 heteroatoms. The number of thiazole rings is 1. The molecule has 110 valence electrons. The van der Waals surface area contributed by atoms with Crippen molar-refractivity contribution in [1.82, 2.24) is 10.3 Å². The Morgan fingerprint density at radius 3 is 2.76 bits per heavy atom. The van der Waals surface area contributed by atoms with Crippen LogP contribution < -0.4 is 5.32 Å². The molecule has 0 spiro atoms. The van der Waals surface area contributed by atoms with Gasteiger partial charge < -0.3 is 15.2 Å². The number of amides is 1. The number of rotatable bonds is 6. The highest BCUT2D eigenvalue weighted by Gasteiger charge is 2.08. The van der Waals surface area contributed by atoms with E-state index in [2.05, 4.69) is 10.3 Å². The molecule has 1 amide bonds. The summed E-state index contributed by atoms with van der Waals surface area (Å²) >= 11 is 1.30. The predicted molar refractivity (Wildman–Crippen MR) is 76.9 cm³/mol. The largest absolute Gasteiger partial charge is 0.481 e. The van der Waals surface area contributed by atoms with Crippen LogP contribution in [0.1, 0.15) is 16.3 Å². The molecule has 0 aliphatic rings. The van der Waals surface area contributed by atoms with Crippen molar-refractivity contribution in [3.8, 4) is 0 Å². The van der Waals surface area contributed by atoms with Gasteiger partial charge in [0, 0.05) is 5.38 Å². The summed E-state index contributed by atoms with van der Waals surface area (Å²) in [5.41, 5.74) is 1.40. The van der Waals surface area contributed by atoms with Gasteiger partial charge in [-0.05, 0) is 5.56 Å². The standard InChI is InChI=1S/C14H14N2O4S/c17-13(18)6-11-9-21-12(16-11)7-15-14(19)20-8-10-4-2-1-3-5-10/h1-5,9H,6-8H2,(H,15,19)(H,17,18). The number of ether oxygens (including phenoxy) is 1. The molecule has 0 saturated carbocycles. The maximum atomic E-state index is 11.5. The summed E-state index contributed by atoms with van der Waals surface area (Å²) in [6.07, 6.45) is -0.650.